The van der Waals surface area contributed by atoms with E-state index in [1.165, 1.54) is 17.0 Å². The molecule has 0 unspecified atom stereocenters. The van der Waals surface area contributed by atoms with Gasteiger partial charge in [-0.05, 0) is 36.6 Å². The van der Waals surface area contributed by atoms with Crippen LogP contribution in [0.15, 0.2) is 84.4 Å². The topological polar surface area (TPSA) is 57.6 Å². The van der Waals surface area contributed by atoms with Crippen molar-refractivity contribution in [3.8, 4) is 0 Å². The number of likely N-dealkylation sites (tertiary alicyclic amines) is 1. The maximum Gasteiger partial charge on any atom is 0.295 e. The molecule has 0 radical (unpaired) electrons. The molecule has 1 amide bonds. The van der Waals surface area contributed by atoms with E-state index in [0.717, 1.165) is 11.1 Å². The molecule has 1 N–H and O–H groups in total. The van der Waals surface area contributed by atoms with Crippen LogP contribution >= 0.6 is 0 Å². The lowest BCUT2D eigenvalue weighted by Gasteiger charge is -2.25. The summed E-state index contributed by atoms with van der Waals surface area (Å²) in [5.41, 5.74) is 3.09. The van der Waals surface area contributed by atoms with E-state index in [-0.39, 0.29) is 11.3 Å². The Balaban J connectivity index is 1.78. The molecule has 4 nitrogen and oxygen atoms in total. The molecule has 1 heterocycles. The number of aliphatic hydroxyl groups excluding tert-OH is 1. The average molecular weight is 415 g/mol. The second-order valence-corrected chi connectivity index (χ2v) is 7.65. The van der Waals surface area contributed by atoms with Crippen LogP contribution in [0.25, 0.3) is 5.76 Å². The van der Waals surface area contributed by atoms with Gasteiger partial charge in [0.05, 0.1) is 11.6 Å². The van der Waals surface area contributed by atoms with Crippen molar-refractivity contribution in [3.63, 3.8) is 0 Å². The molecule has 0 bridgehead atoms. The van der Waals surface area contributed by atoms with E-state index in [1.54, 1.807) is 24.3 Å². The highest BCUT2D eigenvalue weighted by Gasteiger charge is 2.45. The summed E-state index contributed by atoms with van der Waals surface area (Å²) in [7, 11) is 0. The Kier molecular flexibility index (Phi) is 5.67. The summed E-state index contributed by atoms with van der Waals surface area (Å²) >= 11 is 0. The third-order valence-electron chi connectivity index (χ3n) is 5.53. The molecule has 1 fully saturated rings. The molecule has 5 heteroatoms. The minimum atomic E-state index is -0.786. The summed E-state index contributed by atoms with van der Waals surface area (Å²) in [6.07, 6.45) is 0.552. The molecular formula is C26H22FNO3. The Morgan fingerprint density at radius 3 is 2.23 bits per heavy atom. The van der Waals surface area contributed by atoms with Gasteiger partial charge in [0.25, 0.3) is 11.7 Å². The van der Waals surface area contributed by atoms with Crippen LogP contribution in [0.4, 0.5) is 4.39 Å². The second kappa shape index (κ2) is 8.56. The third-order valence-corrected chi connectivity index (χ3v) is 5.53. The van der Waals surface area contributed by atoms with Gasteiger partial charge in [-0.3, -0.25) is 9.59 Å². The molecular weight excluding hydrogens is 393 g/mol. The molecule has 3 aromatic rings. The Hall–Kier alpha value is -3.73. The fourth-order valence-electron chi connectivity index (χ4n) is 3.86. The quantitative estimate of drug-likeness (QED) is 0.370. The Bertz CT molecular complexity index is 1140. The predicted octanol–water partition coefficient (Wildman–Crippen LogP) is 4.80. The summed E-state index contributed by atoms with van der Waals surface area (Å²) < 4.78 is 13.5. The molecule has 0 aliphatic carbocycles. The van der Waals surface area contributed by atoms with Gasteiger partial charge >= 0.3 is 0 Å². The highest BCUT2D eigenvalue weighted by atomic mass is 19.1. The first-order valence-corrected chi connectivity index (χ1v) is 10.1. The van der Waals surface area contributed by atoms with E-state index in [4.69, 9.17) is 0 Å². The molecule has 1 aliphatic rings. The predicted molar refractivity (Wildman–Crippen MR) is 117 cm³/mol. The summed E-state index contributed by atoms with van der Waals surface area (Å²) in [5, 5.41) is 11.0. The molecule has 1 aliphatic heterocycles. The Morgan fingerprint density at radius 2 is 1.58 bits per heavy atom. The van der Waals surface area contributed by atoms with Gasteiger partial charge in [0.15, 0.2) is 0 Å². The molecule has 0 aromatic heterocycles. The number of Topliss-reactive ketones (excluding diaryl/α,β-unsaturated/α-hetero) is 1. The lowest BCUT2D eigenvalue weighted by atomic mass is 9.95. The fourth-order valence-corrected chi connectivity index (χ4v) is 3.86. The third kappa shape index (κ3) is 4.12. The van der Waals surface area contributed by atoms with E-state index >= 15 is 0 Å². The van der Waals surface area contributed by atoms with Crippen LogP contribution in [-0.2, 0) is 16.0 Å². The molecule has 156 valence electrons. The maximum atomic E-state index is 13.5. The number of hydrogen-bond donors (Lipinski definition) is 1. The zero-order valence-corrected chi connectivity index (χ0v) is 17.1. The molecule has 0 spiro atoms. The number of rotatable bonds is 5. The first-order valence-electron chi connectivity index (χ1n) is 10.1. The van der Waals surface area contributed by atoms with Crippen molar-refractivity contribution >= 4 is 17.4 Å². The monoisotopic (exact) mass is 415 g/mol. The van der Waals surface area contributed by atoms with Gasteiger partial charge in [0, 0.05) is 12.1 Å². The average Bonchev–Trinajstić information content (AvgIpc) is 3.04. The minimum Gasteiger partial charge on any atom is -0.507 e. The van der Waals surface area contributed by atoms with Gasteiger partial charge < -0.3 is 10.0 Å². The van der Waals surface area contributed by atoms with Crippen LogP contribution in [0.1, 0.15) is 28.3 Å². The number of amides is 1. The van der Waals surface area contributed by atoms with Gasteiger partial charge in [0.2, 0.25) is 0 Å². The van der Waals surface area contributed by atoms with Gasteiger partial charge in [-0.1, -0.05) is 72.3 Å². The number of benzene rings is 3. The number of carbonyl (C=O) groups excluding carboxylic acids is 2. The van der Waals surface area contributed by atoms with E-state index in [0.29, 0.717) is 24.1 Å². The first-order chi connectivity index (χ1) is 15.0. The normalized spacial score (nSPS) is 17.9. The van der Waals surface area contributed by atoms with E-state index in [9.17, 15) is 19.1 Å². The summed E-state index contributed by atoms with van der Waals surface area (Å²) in [5.74, 6) is -2.04. The van der Waals surface area contributed by atoms with Gasteiger partial charge in [0.1, 0.15) is 11.6 Å². The van der Waals surface area contributed by atoms with Crippen molar-refractivity contribution < 1.29 is 19.1 Å². The summed E-state index contributed by atoms with van der Waals surface area (Å²) in [6.45, 7) is 2.21. The van der Waals surface area contributed by atoms with Crippen molar-refractivity contribution in [2.24, 2.45) is 0 Å². The molecule has 4 rings (SSSR count). The smallest absolute Gasteiger partial charge is 0.295 e. The van der Waals surface area contributed by atoms with Crippen LogP contribution in [0, 0.1) is 12.7 Å². The number of aliphatic hydroxyl groups is 1. The first kappa shape index (κ1) is 20.5. The van der Waals surface area contributed by atoms with E-state index < -0.39 is 23.5 Å². The lowest BCUT2D eigenvalue weighted by molar-refractivity contribution is -0.139. The number of aryl methyl sites for hydroxylation is 1. The highest BCUT2D eigenvalue weighted by molar-refractivity contribution is 6.46. The number of ketones is 1. The summed E-state index contributed by atoms with van der Waals surface area (Å²) in [4.78, 5) is 27.4. The summed E-state index contributed by atoms with van der Waals surface area (Å²) in [6, 6.07) is 21.6. The highest BCUT2D eigenvalue weighted by Crippen LogP contribution is 2.39. The van der Waals surface area contributed by atoms with Crippen molar-refractivity contribution in [2.75, 3.05) is 6.54 Å². The maximum absolute atomic E-state index is 13.5. The van der Waals surface area contributed by atoms with Gasteiger partial charge in [-0.25, -0.2) is 4.39 Å². The zero-order valence-electron chi connectivity index (χ0n) is 17.1. The zero-order chi connectivity index (χ0) is 22.0. The standard InChI is InChI=1S/C26H22FNO3/c1-17-7-9-20(10-8-17)24(29)22-23(19-11-13-21(27)14-12-19)28(26(31)25(22)30)16-15-18-5-3-2-4-6-18/h2-14,23,29H,15-16H2,1H3/t23-/m0/s1. The van der Waals surface area contributed by atoms with Crippen molar-refractivity contribution in [3.05, 3.63) is 113 Å². The van der Waals surface area contributed by atoms with Crippen LogP contribution in [0.3, 0.4) is 0 Å². The van der Waals surface area contributed by atoms with E-state index in [2.05, 4.69) is 0 Å². The van der Waals surface area contributed by atoms with Crippen molar-refractivity contribution in [2.45, 2.75) is 19.4 Å². The number of nitrogens with zero attached hydrogens (tertiary/aromatic N) is 1. The number of halogens is 1. The molecule has 1 atom stereocenters. The molecule has 1 saturated heterocycles. The minimum absolute atomic E-state index is 0.0218. The SMILES string of the molecule is Cc1ccc(C(O)=C2C(=O)C(=O)N(CCc3ccccc3)[C@H]2c2ccc(F)cc2)cc1. The van der Waals surface area contributed by atoms with Crippen LogP contribution < -0.4 is 0 Å². The number of hydrogen-bond acceptors (Lipinski definition) is 3. The number of carbonyl (C=O) groups is 2. The van der Waals surface area contributed by atoms with Crippen LogP contribution in [0.5, 0.6) is 0 Å². The van der Waals surface area contributed by atoms with Crippen LogP contribution in [-0.4, -0.2) is 28.2 Å². The molecule has 3 aromatic carbocycles. The van der Waals surface area contributed by atoms with Gasteiger partial charge in [-0.15, -0.1) is 0 Å². The molecule has 31 heavy (non-hydrogen) atoms. The molecule has 0 saturated carbocycles. The van der Waals surface area contributed by atoms with Crippen molar-refractivity contribution in [1.29, 1.82) is 0 Å². The lowest BCUT2D eigenvalue weighted by Crippen LogP contribution is -2.31. The largest absolute Gasteiger partial charge is 0.507 e. The Labute approximate surface area is 180 Å². The van der Waals surface area contributed by atoms with E-state index in [1.807, 2.05) is 49.4 Å². The van der Waals surface area contributed by atoms with Crippen LogP contribution in [0.2, 0.25) is 0 Å². The van der Waals surface area contributed by atoms with Crippen molar-refractivity contribution in [1.82, 2.24) is 4.90 Å². The second-order valence-electron chi connectivity index (χ2n) is 7.65. The fraction of sp³-hybridized carbons (Fsp3) is 0.154. The van der Waals surface area contributed by atoms with Gasteiger partial charge in [-0.2, -0.15) is 0 Å². The Morgan fingerprint density at radius 1 is 0.935 bits per heavy atom.